The van der Waals surface area contributed by atoms with Crippen LogP contribution in [0, 0.1) is 5.92 Å². The molecule has 0 bridgehead atoms. The van der Waals surface area contributed by atoms with E-state index in [4.69, 9.17) is 67.3 Å². The zero-order chi connectivity index (χ0) is 46.3. The third kappa shape index (κ3) is 9.30. The molecule has 0 fully saturated rings. The molecular weight excluding hydrogens is 914 g/mol. The van der Waals surface area contributed by atoms with Crippen LogP contribution < -0.4 is 54.3 Å². The van der Waals surface area contributed by atoms with Crippen molar-refractivity contribution in [3.63, 3.8) is 0 Å². The first-order valence-electron chi connectivity index (χ1n) is 18.9. The summed E-state index contributed by atoms with van der Waals surface area (Å²) in [5.41, 5.74) is 11.5. The first kappa shape index (κ1) is 44.9. The number of anilines is 3. The van der Waals surface area contributed by atoms with Gasteiger partial charge in [0.2, 0.25) is 17.2 Å². The van der Waals surface area contributed by atoms with Gasteiger partial charge >= 0.3 is 11.4 Å². The Bertz CT molecular complexity index is 3350. The van der Waals surface area contributed by atoms with Gasteiger partial charge < -0.3 is 31.2 Å². The van der Waals surface area contributed by atoms with E-state index in [9.17, 15) is 28.8 Å². The van der Waals surface area contributed by atoms with Crippen LogP contribution in [0.4, 0.5) is 17.3 Å². The monoisotopic (exact) mass is 946 g/mol. The normalized spacial score (nSPS) is 12.7. The van der Waals surface area contributed by atoms with Crippen LogP contribution in [-0.2, 0) is 4.79 Å². The first-order valence-corrected chi connectivity index (χ1v) is 20.5. The maximum Gasteiger partial charge on any atom is 0.349 e. The second kappa shape index (κ2) is 17.9. The number of pyridine rings is 1. The number of carbonyl (C=O) groups is 1. The van der Waals surface area contributed by atoms with Crippen molar-refractivity contribution >= 4 is 86.1 Å². The Morgan fingerprint density at radius 2 is 1.12 bits per heavy atom. The fourth-order valence-corrected chi connectivity index (χ4v) is 7.58. The number of ether oxygens (including phenoxy) is 2. The number of amides is 1. The summed E-state index contributed by atoms with van der Waals surface area (Å²) >= 11 is 25.5. The highest BCUT2D eigenvalue weighted by atomic mass is 35.5. The molecule has 328 valence electrons. The molecule has 0 spiro atoms. The van der Waals surface area contributed by atoms with Crippen LogP contribution in [0.3, 0.4) is 0 Å². The highest BCUT2D eigenvalue weighted by Crippen LogP contribution is 2.42. The van der Waals surface area contributed by atoms with Gasteiger partial charge in [0, 0.05) is 33.8 Å². The van der Waals surface area contributed by atoms with Crippen LogP contribution in [0.15, 0.2) is 96.8 Å². The van der Waals surface area contributed by atoms with E-state index in [1.807, 2.05) is 33.8 Å². The van der Waals surface area contributed by atoms with Crippen molar-refractivity contribution in [2.75, 3.05) is 16.8 Å². The Morgan fingerprint density at radius 3 is 1.61 bits per heavy atom. The molecule has 0 unspecified atom stereocenters. The van der Waals surface area contributed by atoms with E-state index in [1.54, 1.807) is 42.5 Å². The molecule has 4 heterocycles. The zero-order valence-electron chi connectivity index (χ0n) is 33.8. The number of aromatic amines is 3. The highest BCUT2D eigenvalue weighted by molar-refractivity contribution is 6.38. The van der Waals surface area contributed by atoms with Crippen LogP contribution in [0.1, 0.15) is 44.7 Å². The summed E-state index contributed by atoms with van der Waals surface area (Å²) in [7, 11) is 0. The van der Waals surface area contributed by atoms with Crippen molar-refractivity contribution in [2.24, 2.45) is 5.92 Å². The fourth-order valence-electron chi connectivity index (χ4n) is 6.47. The molecule has 18 nitrogen and oxygen atoms in total. The lowest BCUT2D eigenvalue weighted by atomic mass is 9.99. The first-order chi connectivity index (χ1) is 30.3. The van der Waals surface area contributed by atoms with Gasteiger partial charge in [0.25, 0.3) is 17.0 Å². The van der Waals surface area contributed by atoms with E-state index in [0.29, 0.717) is 33.8 Å². The molecule has 0 atom stereocenters. The molecule has 3 aromatic heterocycles. The molecule has 0 saturated carbocycles. The average Bonchev–Trinajstić information content (AvgIpc) is 3.52. The minimum atomic E-state index is -0.801. The van der Waals surface area contributed by atoms with Gasteiger partial charge in [-0.1, -0.05) is 80.2 Å². The Hall–Kier alpha value is -7.12. The summed E-state index contributed by atoms with van der Waals surface area (Å²) in [5, 5.41) is 11.6. The standard InChI is InChI=1S/2C21H17Cl2N5O4/c1-9(2)12-8-17(29)25-16-4-3-11(7-13(12)16)32-18-14(22)5-10(6-15(18)23)28-21(31)26-20(30)19(24)27-28;1-9(2)5-13-12-8-11(3-4-16(12)25-19(13)29)32-17-14(22)6-10(7-15(17)23)28-21(31)26-20(30)18(24)27-28/h2*3-9H,1-2H3,(H2,24,27)(H,25,29)(H,26,30,31)/b;13-5-. The van der Waals surface area contributed by atoms with Gasteiger partial charge in [-0.05, 0) is 78.1 Å². The third-order valence-corrected chi connectivity index (χ3v) is 10.5. The van der Waals surface area contributed by atoms with Gasteiger partial charge in [-0.3, -0.25) is 29.1 Å². The second-order valence-electron chi connectivity index (χ2n) is 14.7. The van der Waals surface area contributed by atoms with E-state index >= 15 is 0 Å². The molecule has 1 aliphatic rings. The number of nitrogens with zero attached hydrogens (tertiary/aromatic N) is 4. The van der Waals surface area contributed by atoms with Gasteiger partial charge in [0.15, 0.2) is 11.5 Å². The third-order valence-electron chi connectivity index (χ3n) is 9.34. The second-order valence-corrected chi connectivity index (χ2v) is 16.4. The number of allylic oxidation sites excluding steroid dienone is 1. The minimum absolute atomic E-state index is 0.0959. The van der Waals surface area contributed by atoms with Crippen molar-refractivity contribution in [3.8, 4) is 34.4 Å². The quantitative estimate of drug-likeness (QED) is 0.0829. The molecule has 7 aromatic rings. The molecule has 0 saturated heterocycles. The van der Waals surface area contributed by atoms with Crippen molar-refractivity contribution in [1.82, 2.24) is 34.5 Å². The maximum atomic E-state index is 12.3. The summed E-state index contributed by atoms with van der Waals surface area (Å²) in [5.74, 6) is 0.535. The topological polar surface area (TPSA) is 268 Å². The van der Waals surface area contributed by atoms with Crippen LogP contribution in [0.2, 0.25) is 20.1 Å². The molecule has 1 amide bonds. The van der Waals surface area contributed by atoms with Crippen LogP contribution in [-0.4, -0.2) is 40.4 Å². The van der Waals surface area contributed by atoms with Crippen LogP contribution in [0.5, 0.6) is 23.0 Å². The van der Waals surface area contributed by atoms with E-state index in [1.165, 1.54) is 24.3 Å². The highest BCUT2D eigenvalue weighted by Gasteiger charge is 2.25. The summed E-state index contributed by atoms with van der Waals surface area (Å²) < 4.78 is 13.6. The molecule has 22 heteroatoms. The lowest BCUT2D eigenvalue weighted by Crippen LogP contribution is -2.33. The van der Waals surface area contributed by atoms with Crippen molar-refractivity contribution in [1.29, 1.82) is 0 Å². The number of hydrogen-bond acceptors (Lipinski definition) is 12. The molecule has 8 rings (SSSR count). The van der Waals surface area contributed by atoms with Gasteiger partial charge in [-0.2, -0.15) is 9.36 Å². The molecule has 4 aromatic carbocycles. The zero-order valence-corrected chi connectivity index (χ0v) is 36.8. The molecule has 1 aliphatic heterocycles. The summed E-state index contributed by atoms with van der Waals surface area (Å²) in [6.45, 7) is 7.95. The number of carbonyl (C=O) groups excluding carboxylic acids is 1. The lowest BCUT2D eigenvalue weighted by Gasteiger charge is -2.14. The summed E-state index contributed by atoms with van der Waals surface area (Å²) in [6, 6.07) is 17.5. The maximum absolute atomic E-state index is 12.3. The minimum Gasteiger partial charge on any atom is -0.454 e. The Balaban J connectivity index is 0.000000191. The summed E-state index contributed by atoms with van der Waals surface area (Å²) in [4.78, 5) is 78.1. The molecular formula is C42H34Cl4N10O8. The number of H-pyrrole nitrogens is 3. The molecule has 8 N–H and O–H groups in total. The fraction of sp³-hybridized carbons (Fsp3) is 0.143. The van der Waals surface area contributed by atoms with Gasteiger partial charge in [-0.25, -0.2) is 9.59 Å². The molecule has 64 heavy (non-hydrogen) atoms. The average molecular weight is 949 g/mol. The van der Waals surface area contributed by atoms with Gasteiger partial charge in [0.05, 0.1) is 31.5 Å². The summed E-state index contributed by atoms with van der Waals surface area (Å²) in [6.07, 6.45) is 1.88. The number of aromatic nitrogens is 7. The van der Waals surface area contributed by atoms with E-state index in [2.05, 4.69) is 30.5 Å². The SMILES string of the molecule is CC(C)/C=C1\C(=O)Nc2ccc(Oc3c(Cl)cc(-n4nc(N)c(=O)[nH]c4=O)cc3Cl)cc21.CC(C)c1cc(=O)[nH]c2ccc(Oc3c(Cl)cc(-n4nc(N)c(=O)[nH]c4=O)cc3Cl)cc12. The van der Waals surface area contributed by atoms with Crippen molar-refractivity contribution in [3.05, 3.63) is 156 Å². The Kier molecular flexibility index (Phi) is 12.6. The number of nitrogens with two attached hydrogens (primary N) is 2. The number of halogens is 4. The molecule has 0 aliphatic carbocycles. The van der Waals surface area contributed by atoms with Crippen LogP contribution >= 0.6 is 46.4 Å². The van der Waals surface area contributed by atoms with Crippen LogP contribution in [0.25, 0.3) is 27.9 Å². The van der Waals surface area contributed by atoms with Crippen molar-refractivity contribution in [2.45, 2.75) is 33.6 Å². The van der Waals surface area contributed by atoms with Gasteiger partial charge in [-0.15, -0.1) is 10.2 Å². The van der Waals surface area contributed by atoms with Gasteiger partial charge in [0.1, 0.15) is 11.5 Å². The number of benzene rings is 4. The predicted molar refractivity (Wildman–Crippen MR) is 246 cm³/mol. The van der Waals surface area contributed by atoms with Crippen molar-refractivity contribution < 1.29 is 14.3 Å². The Morgan fingerprint density at radius 1 is 0.641 bits per heavy atom. The lowest BCUT2D eigenvalue weighted by molar-refractivity contribution is -0.110. The number of hydrogen-bond donors (Lipinski definition) is 6. The Labute approximate surface area is 380 Å². The van der Waals surface area contributed by atoms with E-state index in [0.717, 1.165) is 20.3 Å². The number of fused-ring (bicyclic) bond motifs is 2. The predicted octanol–water partition coefficient (Wildman–Crippen LogP) is 7.16. The number of nitrogen functional groups attached to an aromatic ring is 2. The number of nitrogens with one attached hydrogen (secondary N) is 4. The largest absolute Gasteiger partial charge is 0.454 e. The van der Waals surface area contributed by atoms with E-state index in [-0.39, 0.29) is 77.9 Å². The number of rotatable bonds is 8. The molecule has 0 radical (unpaired) electrons. The van der Waals surface area contributed by atoms with E-state index < -0.39 is 22.5 Å². The smallest absolute Gasteiger partial charge is 0.349 e.